The lowest BCUT2D eigenvalue weighted by atomic mass is 10.1. The summed E-state index contributed by atoms with van der Waals surface area (Å²) in [6.45, 7) is 0.724. The highest BCUT2D eigenvalue weighted by Gasteiger charge is 2.26. The Hall–Kier alpha value is -1.49. The van der Waals surface area contributed by atoms with Crippen molar-refractivity contribution in [2.75, 3.05) is 7.05 Å². The van der Waals surface area contributed by atoms with E-state index in [2.05, 4.69) is 5.32 Å². The molecule has 2 aromatic rings. The first-order chi connectivity index (χ1) is 8.49. The van der Waals surface area contributed by atoms with Crippen LogP contribution in [-0.4, -0.2) is 17.8 Å². The van der Waals surface area contributed by atoms with Gasteiger partial charge in [0.1, 0.15) is 0 Å². The van der Waals surface area contributed by atoms with E-state index in [1.54, 1.807) is 10.8 Å². The Kier molecular flexibility index (Phi) is 3.61. The van der Waals surface area contributed by atoms with Crippen LogP contribution in [0.4, 0.5) is 13.2 Å². The normalized spacial score (nSPS) is 12.2. The number of halogens is 3. The van der Waals surface area contributed by atoms with Crippen LogP contribution in [0.15, 0.2) is 30.5 Å². The van der Waals surface area contributed by atoms with Gasteiger partial charge in [0.2, 0.25) is 0 Å². The molecule has 98 valence electrons. The highest BCUT2D eigenvalue weighted by molar-refractivity contribution is 5.80. The molecule has 1 aromatic heterocycles. The van der Waals surface area contributed by atoms with Gasteiger partial charge in [0.15, 0.2) is 0 Å². The minimum Gasteiger partial charge on any atom is -0.347 e. The third-order valence-corrected chi connectivity index (χ3v) is 2.85. The number of rotatable bonds is 4. The van der Waals surface area contributed by atoms with E-state index >= 15 is 0 Å². The zero-order chi connectivity index (χ0) is 13.2. The standard InChI is InChI=1S/C13H15F3N2/c1-17-9-10-2-3-12-11(8-10)4-6-18(12)7-5-13(14,15)16/h2-4,6,8,17H,5,7,9H2,1H3. The van der Waals surface area contributed by atoms with Crippen molar-refractivity contribution in [1.82, 2.24) is 9.88 Å². The highest BCUT2D eigenvalue weighted by Crippen LogP contribution is 2.23. The van der Waals surface area contributed by atoms with Crippen molar-refractivity contribution in [2.24, 2.45) is 0 Å². The maximum atomic E-state index is 12.2. The van der Waals surface area contributed by atoms with E-state index in [1.165, 1.54) is 0 Å². The molecule has 0 fully saturated rings. The van der Waals surface area contributed by atoms with Crippen molar-refractivity contribution < 1.29 is 13.2 Å². The van der Waals surface area contributed by atoms with Crippen LogP contribution in [0.1, 0.15) is 12.0 Å². The van der Waals surface area contributed by atoms with Gasteiger partial charge in [-0.3, -0.25) is 0 Å². The van der Waals surface area contributed by atoms with E-state index in [-0.39, 0.29) is 6.54 Å². The lowest BCUT2D eigenvalue weighted by molar-refractivity contribution is -0.136. The van der Waals surface area contributed by atoms with Crippen molar-refractivity contribution in [2.45, 2.75) is 25.7 Å². The van der Waals surface area contributed by atoms with Gasteiger partial charge < -0.3 is 9.88 Å². The summed E-state index contributed by atoms with van der Waals surface area (Å²) in [7, 11) is 1.86. The van der Waals surface area contributed by atoms with Gasteiger partial charge in [0.05, 0.1) is 6.42 Å². The Labute approximate surface area is 103 Å². The van der Waals surface area contributed by atoms with Crippen LogP contribution >= 0.6 is 0 Å². The first-order valence-electron chi connectivity index (χ1n) is 5.79. The van der Waals surface area contributed by atoms with E-state index < -0.39 is 12.6 Å². The van der Waals surface area contributed by atoms with E-state index in [0.717, 1.165) is 23.0 Å². The Morgan fingerprint density at radius 2 is 2.00 bits per heavy atom. The van der Waals surface area contributed by atoms with Crippen molar-refractivity contribution in [3.63, 3.8) is 0 Å². The fraction of sp³-hybridized carbons (Fsp3) is 0.385. The van der Waals surface area contributed by atoms with Crippen molar-refractivity contribution in [3.8, 4) is 0 Å². The molecule has 2 nitrogen and oxygen atoms in total. The van der Waals surface area contributed by atoms with Gasteiger partial charge in [0, 0.05) is 24.8 Å². The zero-order valence-electron chi connectivity index (χ0n) is 10.1. The number of fused-ring (bicyclic) bond motifs is 1. The smallest absolute Gasteiger partial charge is 0.347 e. The number of alkyl halides is 3. The Morgan fingerprint density at radius 1 is 1.22 bits per heavy atom. The van der Waals surface area contributed by atoms with Crippen LogP contribution < -0.4 is 5.32 Å². The van der Waals surface area contributed by atoms with Crippen LogP contribution in [0.5, 0.6) is 0 Å². The molecule has 0 bridgehead atoms. The minimum absolute atomic E-state index is 0.0294. The van der Waals surface area contributed by atoms with Crippen molar-refractivity contribution in [3.05, 3.63) is 36.0 Å². The Bertz CT molecular complexity index is 529. The zero-order valence-corrected chi connectivity index (χ0v) is 10.1. The van der Waals surface area contributed by atoms with Crippen LogP contribution in [0.2, 0.25) is 0 Å². The topological polar surface area (TPSA) is 17.0 Å². The predicted molar refractivity (Wildman–Crippen MR) is 65.4 cm³/mol. The van der Waals surface area contributed by atoms with Gasteiger partial charge in [-0.25, -0.2) is 0 Å². The minimum atomic E-state index is -4.11. The second-order valence-corrected chi connectivity index (χ2v) is 4.30. The first-order valence-corrected chi connectivity index (χ1v) is 5.79. The summed E-state index contributed by atoms with van der Waals surface area (Å²) < 4.78 is 38.2. The lowest BCUT2D eigenvalue weighted by Gasteiger charge is -2.09. The maximum Gasteiger partial charge on any atom is 0.390 e. The summed E-state index contributed by atoms with van der Waals surface area (Å²) in [4.78, 5) is 0. The van der Waals surface area contributed by atoms with Gasteiger partial charge in [-0.2, -0.15) is 13.2 Å². The lowest BCUT2D eigenvalue weighted by Crippen LogP contribution is -2.11. The number of benzene rings is 1. The number of nitrogens with one attached hydrogen (secondary N) is 1. The van der Waals surface area contributed by atoms with E-state index in [9.17, 15) is 13.2 Å². The summed E-state index contributed by atoms with van der Waals surface area (Å²) >= 11 is 0. The number of hydrogen-bond donors (Lipinski definition) is 1. The highest BCUT2D eigenvalue weighted by atomic mass is 19.4. The summed E-state index contributed by atoms with van der Waals surface area (Å²) in [5, 5.41) is 4.02. The molecule has 0 radical (unpaired) electrons. The van der Waals surface area contributed by atoms with Gasteiger partial charge in [-0.15, -0.1) is 0 Å². The van der Waals surface area contributed by atoms with Crippen LogP contribution in [-0.2, 0) is 13.1 Å². The molecule has 0 saturated heterocycles. The molecule has 0 atom stereocenters. The summed E-state index contributed by atoms with van der Waals surface area (Å²) in [6.07, 6.45) is -3.20. The third-order valence-electron chi connectivity index (χ3n) is 2.85. The molecule has 0 aliphatic carbocycles. The average molecular weight is 256 g/mol. The van der Waals surface area contributed by atoms with Crippen LogP contribution in [0.3, 0.4) is 0 Å². The van der Waals surface area contributed by atoms with Gasteiger partial charge in [-0.1, -0.05) is 6.07 Å². The third kappa shape index (κ3) is 3.04. The molecule has 1 aromatic carbocycles. The summed E-state index contributed by atoms with van der Waals surface area (Å²) in [6, 6.07) is 7.65. The van der Waals surface area contributed by atoms with Gasteiger partial charge in [0.25, 0.3) is 0 Å². The molecule has 18 heavy (non-hydrogen) atoms. The predicted octanol–water partition coefficient (Wildman–Crippen LogP) is 3.31. The molecule has 0 saturated carbocycles. The van der Waals surface area contributed by atoms with Gasteiger partial charge >= 0.3 is 6.18 Å². The van der Waals surface area contributed by atoms with E-state index in [0.29, 0.717) is 0 Å². The van der Waals surface area contributed by atoms with E-state index in [4.69, 9.17) is 0 Å². The molecule has 1 N–H and O–H groups in total. The molecule has 0 aliphatic heterocycles. The van der Waals surface area contributed by atoms with Crippen LogP contribution in [0, 0.1) is 0 Å². The summed E-state index contributed by atoms with van der Waals surface area (Å²) in [5.41, 5.74) is 1.97. The summed E-state index contributed by atoms with van der Waals surface area (Å²) in [5.74, 6) is 0. The molecule has 2 rings (SSSR count). The quantitative estimate of drug-likeness (QED) is 0.888. The second kappa shape index (κ2) is 5.02. The molecule has 0 unspecified atom stereocenters. The molecule has 1 heterocycles. The molecule has 0 amide bonds. The second-order valence-electron chi connectivity index (χ2n) is 4.30. The first kappa shape index (κ1) is 13.0. The number of nitrogens with zero attached hydrogens (tertiary/aromatic N) is 1. The van der Waals surface area contributed by atoms with Gasteiger partial charge in [-0.05, 0) is 36.2 Å². The molecule has 0 aliphatic rings. The number of aryl methyl sites for hydroxylation is 1. The SMILES string of the molecule is CNCc1ccc2c(ccn2CCC(F)(F)F)c1. The molecular formula is C13H15F3N2. The molecule has 5 heteroatoms. The largest absolute Gasteiger partial charge is 0.390 e. The molecular weight excluding hydrogens is 241 g/mol. The number of hydrogen-bond acceptors (Lipinski definition) is 1. The fourth-order valence-electron chi connectivity index (χ4n) is 2.01. The van der Waals surface area contributed by atoms with Crippen molar-refractivity contribution >= 4 is 10.9 Å². The van der Waals surface area contributed by atoms with E-state index in [1.807, 2.05) is 31.3 Å². The van der Waals surface area contributed by atoms with Crippen LogP contribution in [0.25, 0.3) is 10.9 Å². The average Bonchev–Trinajstić information content (AvgIpc) is 2.68. The fourth-order valence-corrected chi connectivity index (χ4v) is 2.01. The Balaban J connectivity index is 2.20. The number of aromatic nitrogens is 1. The maximum absolute atomic E-state index is 12.2. The monoisotopic (exact) mass is 256 g/mol. The van der Waals surface area contributed by atoms with Crippen molar-refractivity contribution in [1.29, 1.82) is 0 Å². The Morgan fingerprint density at radius 3 is 2.67 bits per heavy atom. The molecule has 0 spiro atoms.